The zero-order valence-electron chi connectivity index (χ0n) is 15.8. The number of Topliss-reactive ketones (excluding diaryl/α,β-unsaturated/α-hetero) is 1. The topological polar surface area (TPSA) is 118 Å². The number of likely N-dealkylation sites (tertiary alicyclic amines) is 1. The lowest BCUT2D eigenvalue weighted by molar-refractivity contribution is -0.130. The van der Waals surface area contributed by atoms with Crippen molar-refractivity contribution in [2.45, 2.75) is 25.8 Å². The van der Waals surface area contributed by atoms with Gasteiger partial charge >= 0.3 is 0 Å². The minimum absolute atomic E-state index is 0.0282. The van der Waals surface area contributed by atoms with Crippen LogP contribution in [0.2, 0.25) is 0 Å². The SMILES string of the molecule is Cc1nc(C(=O)C2CCCN2C(=O)CNC(=O)c2ccnc3ccccc23)no1. The summed E-state index contributed by atoms with van der Waals surface area (Å²) in [7, 11) is 0. The van der Waals surface area contributed by atoms with E-state index in [0.717, 1.165) is 0 Å². The molecular formula is C20H19N5O4. The average Bonchev–Trinajstić information content (AvgIpc) is 3.40. The van der Waals surface area contributed by atoms with E-state index in [9.17, 15) is 14.4 Å². The highest BCUT2D eigenvalue weighted by molar-refractivity contribution is 6.07. The molecule has 1 saturated heterocycles. The summed E-state index contributed by atoms with van der Waals surface area (Å²) in [5.74, 6) is -0.777. The number of aryl methyl sites for hydroxylation is 1. The second kappa shape index (κ2) is 7.78. The molecule has 3 aromatic rings. The number of amides is 2. The summed E-state index contributed by atoms with van der Waals surface area (Å²) in [6, 6.07) is 8.27. The number of benzene rings is 1. The van der Waals surface area contributed by atoms with Gasteiger partial charge in [-0.05, 0) is 25.0 Å². The van der Waals surface area contributed by atoms with Crippen molar-refractivity contribution in [3.8, 4) is 0 Å². The van der Waals surface area contributed by atoms with Crippen molar-refractivity contribution < 1.29 is 18.9 Å². The maximum atomic E-state index is 12.7. The molecule has 1 aliphatic rings. The van der Waals surface area contributed by atoms with E-state index < -0.39 is 6.04 Å². The highest BCUT2D eigenvalue weighted by Crippen LogP contribution is 2.21. The lowest BCUT2D eigenvalue weighted by Crippen LogP contribution is -2.45. The molecule has 148 valence electrons. The van der Waals surface area contributed by atoms with Crippen molar-refractivity contribution in [2.24, 2.45) is 0 Å². The molecule has 9 nitrogen and oxygen atoms in total. The van der Waals surface area contributed by atoms with Gasteiger partial charge < -0.3 is 14.7 Å². The minimum atomic E-state index is -0.641. The Morgan fingerprint density at radius 2 is 2.07 bits per heavy atom. The van der Waals surface area contributed by atoms with Crippen LogP contribution < -0.4 is 5.32 Å². The summed E-state index contributed by atoms with van der Waals surface area (Å²) in [4.78, 5) is 47.5. The van der Waals surface area contributed by atoms with Crippen LogP contribution >= 0.6 is 0 Å². The summed E-state index contributed by atoms with van der Waals surface area (Å²) in [5, 5.41) is 7.01. The van der Waals surface area contributed by atoms with Crippen LogP contribution in [0.4, 0.5) is 0 Å². The van der Waals surface area contributed by atoms with E-state index in [0.29, 0.717) is 41.7 Å². The number of pyridine rings is 1. The number of hydrogen-bond acceptors (Lipinski definition) is 7. The number of carbonyl (C=O) groups is 3. The first-order chi connectivity index (χ1) is 14.0. The number of hydrogen-bond donors (Lipinski definition) is 1. The number of nitrogens with zero attached hydrogens (tertiary/aromatic N) is 4. The van der Waals surface area contributed by atoms with E-state index >= 15 is 0 Å². The average molecular weight is 393 g/mol. The molecule has 2 amide bonds. The fraction of sp³-hybridized carbons (Fsp3) is 0.300. The Labute approximate surface area is 166 Å². The van der Waals surface area contributed by atoms with Gasteiger partial charge in [-0.1, -0.05) is 23.4 Å². The van der Waals surface area contributed by atoms with Gasteiger partial charge in [-0.25, -0.2) is 0 Å². The number of fused-ring (bicyclic) bond motifs is 1. The largest absolute Gasteiger partial charge is 0.343 e. The highest BCUT2D eigenvalue weighted by atomic mass is 16.5. The van der Waals surface area contributed by atoms with Gasteiger partial charge in [0, 0.05) is 25.1 Å². The van der Waals surface area contributed by atoms with E-state index in [1.165, 1.54) is 4.90 Å². The van der Waals surface area contributed by atoms with Crippen molar-refractivity contribution in [1.82, 2.24) is 25.3 Å². The first-order valence-electron chi connectivity index (χ1n) is 9.30. The van der Waals surface area contributed by atoms with Crippen LogP contribution in [-0.4, -0.2) is 56.8 Å². The zero-order valence-corrected chi connectivity index (χ0v) is 15.8. The van der Waals surface area contributed by atoms with Gasteiger partial charge in [0.1, 0.15) is 0 Å². The molecule has 1 aliphatic heterocycles. The molecule has 0 saturated carbocycles. The number of ketones is 1. The third kappa shape index (κ3) is 3.71. The standard InChI is InChI=1S/C20H19N5O4/c1-12-23-19(24-29-12)18(27)16-7-4-10-25(16)17(26)11-22-20(28)14-8-9-21-15-6-3-2-5-13(14)15/h2-3,5-6,8-9,16H,4,7,10-11H2,1H3,(H,22,28). The predicted octanol–water partition coefficient (Wildman–Crippen LogP) is 1.53. The van der Waals surface area contributed by atoms with Crippen molar-refractivity contribution in [3.05, 3.63) is 53.8 Å². The van der Waals surface area contributed by atoms with Gasteiger partial charge in [0.15, 0.2) is 0 Å². The van der Waals surface area contributed by atoms with Crippen LogP contribution in [0, 0.1) is 6.92 Å². The van der Waals surface area contributed by atoms with Crippen LogP contribution in [0.25, 0.3) is 10.9 Å². The first-order valence-corrected chi connectivity index (χ1v) is 9.30. The van der Waals surface area contributed by atoms with Gasteiger partial charge in [-0.15, -0.1) is 0 Å². The minimum Gasteiger partial charge on any atom is -0.343 e. The summed E-state index contributed by atoms with van der Waals surface area (Å²) in [6.07, 6.45) is 2.78. The highest BCUT2D eigenvalue weighted by Gasteiger charge is 2.36. The van der Waals surface area contributed by atoms with E-state index in [4.69, 9.17) is 4.52 Å². The normalized spacial score (nSPS) is 16.2. The van der Waals surface area contributed by atoms with Gasteiger partial charge in [0.25, 0.3) is 5.91 Å². The van der Waals surface area contributed by atoms with Crippen molar-refractivity contribution in [3.63, 3.8) is 0 Å². The molecule has 1 atom stereocenters. The number of para-hydroxylation sites is 1. The van der Waals surface area contributed by atoms with Gasteiger partial charge in [0.05, 0.1) is 23.7 Å². The molecule has 29 heavy (non-hydrogen) atoms. The lowest BCUT2D eigenvalue weighted by Gasteiger charge is -2.22. The smallest absolute Gasteiger partial charge is 0.252 e. The molecule has 1 unspecified atom stereocenters. The number of carbonyl (C=O) groups excluding carboxylic acids is 3. The van der Waals surface area contributed by atoms with Crippen molar-refractivity contribution >= 4 is 28.5 Å². The second-order valence-corrected chi connectivity index (χ2v) is 6.80. The Hall–Kier alpha value is -3.62. The molecule has 2 aromatic heterocycles. The van der Waals surface area contributed by atoms with Gasteiger partial charge in [-0.3, -0.25) is 19.4 Å². The van der Waals surface area contributed by atoms with Crippen molar-refractivity contribution in [2.75, 3.05) is 13.1 Å². The van der Waals surface area contributed by atoms with E-state index in [2.05, 4.69) is 20.4 Å². The van der Waals surface area contributed by atoms with Crippen LogP contribution in [0.1, 0.15) is 39.7 Å². The Morgan fingerprint density at radius 3 is 2.86 bits per heavy atom. The monoisotopic (exact) mass is 393 g/mol. The number of aromatic nitrogens is 3. The zero-order chi connectivity index (χ0) is 20.4. The molecule has 1 aromatic carbocycles. The summed E-state index contributed by atoms with van der Waals surface area (Å²) in [5.41, 5.74) is 1.15. The Balaban J connectivity index is 1.43. The molecule has 1 fully saturated rings. The van der Waals surface area contributed by atoms with Gasteiger partial charge in [-0.2, -0.15) is 4.98 Å². The maximum absolute atomic E-state index is 12.7. The van der Waals surface area contributed by atoms with E-state index in [1.807, 2.05) is 18.2 Å². The van der Waals surface area contributed by atoms with Crippen LogP contribution in [-0.2, 0) is 4.79 Å². The Bertz CT molecular complexity index is 1090. The molecule has 0 bridgehead atoms. The van der Waals surface area contributed by atoms with Crippen LogP contribution in [0.3, 0.4) is 0 Å². The summed E-state index contributed by atoms with van der Waals surface area (Å²) < 4.78 is 4.86. The predicted molar refractivity (Wildman–Crippen MR) is 102 cm³/mol. The molecule has 9 heteroatoms. The van der Waals surface area contributed by atoms with E-state index in [-0.39, 0.29) is 30.0 Å². The second-order valence-electron chi connectivity index (χ2n) is 6.80. The number of nitrogens with one attached hydrogen (secondary N) is 1. The van der Waals surface area contributed by atoms with Crippen LogP contribution in [0.5, 0.6) is 0 Å². The Kier molecular flexibility index (Phi) is 5.03. The van der Waals surface area contributed by atoms with Gasteiger partial charge in [0.2, 0.25) is 23.4 Å². The summed E-state index contributed by atoms with van der Waals surface area (Å²) >= 11 is 0. The van der Waals surface area contributed by atoms with Crippen LogP contribution in [0.15, 0.2) is 41.1 Å². The molecular weight excluding hydrogens is 374 g/mol. The molecule has 0 radical (unpaired) electrons. The molecule has 0 spiro atoms. The maximum Gasteiger partial charge on any atom is 0.252 e. The molecule has 1 N–H and O–H groups in total. The fourth-order valence-electron chi connectivity index (χ4n) is 3.53. The third-order valence-corrected chi connectivity index (χ3v) is 4.92. The molecule has 3 heterocycles. The Morgan fingerprint density at radius 1 is 1.24 bits per heavy atom. The lowest BCUT2D eigenvalue weighted by atomic mass is 10.1. The quantitative estimate of drug-likeness (QED) is 0.653. The third-order valence-electron chi connectivity index (χ3n) is 4.92. The molecule has 0 aliphatic carbocycles. The first kappa shape index (κ1) is 18.7. The summed E-state index contributed by atoms with van der Waals surface area (Å²) in [6.45, 7) is 1.84. The fourth-order valence-corrected chi connectivity index (χ4v) is 3.53. The van der Waals surface area contributed by atoms with E-state index in [1.54, 1.807) is 25.3 Å². The van der Waals surface area contributed by atoms with Crippen molar-refractivity contribution in [1.29, 1.82) is 0 Å². The molecule has 4 rings (SSSR count). The number of rotatable bonds is 5.